The predicted molar refractivity (Wildman–Crippen MR) is 81.6 cm³/mol. The molecule has 0 radical (unpaired) electrons. The summed E-state index contributed by atoms with van der Waals surface area (Å²) in [5, 5.41) is 0. The Bertz CT molecular complexity index is 368. The lowest BCUT2D eigenvalue weighted by Crippen LogP contribution is -2.33. The second-order valence-electron chi connectivity index (χ2n) is 5.48. The van der Waals surface area contributed by atoms with E-state index in [1.165, 1.54) is 5.56 Å². The van der Waals surface area contributed by atoms with Crippen LogP contribution >= 0.6 is 0 Å². The maximum Gasteiger partial charge on any atom is 0.122 e. The summed E-state index contributed by atoms with van der Waals surface area (Å²) in [6, 6.07) is 8.76. The van der Waals surface area contributed by atoms with Gasteiger partial charge < -0.3 is 15.4 Å². The van der Waals surface area contributed by atoms with Gasteiger partial charge >= 0.3 is 0 Å². The van der Waals surface area contributed by atoms with Crippen molar-refractivity contribution in [1.82, 2.24) is 4.90 Å². The van der Waals surface area contributed by atoms with E-state index in [4.69, 9.17) is 10.5 Å². The minimum absolute atomic E-state index is 0.501. The smallest absolute Gasteiger partial charge is 0.122 e. The zero-order valence-electron chi connectivity index (χ0n) is 12.7. The standard InChI is InChI=1S/C16H28N2O/c1-13(12-17)9-10-18(3)14(2)11-15-7-5-6-8-16(15)19-4/h5-8,13-14H,9-12,17H2,1-4H3. The van der Waals surface area contributed by atoms with Gasteiger partial charge in [0, 0.05) is 6.04 Å². The molecule has 2 unspecified atom stereocenters. The topological polar surface area (TPSA) is 38.5 Å². The normalized spacial score (nSPS) is 14.4. The Morgan fingerprint density at radius 3 is 2.58 bits per heavy atom. The largest absolute Gasteiger partial charge is 0.496 e. The molecular formula is C16H28N2O. The molecule has 2 atom stereocenters. The van der Waals surface area contributed by atoms with Crippen LogP contribution in [0, 0.1) is 5.92 Å². The van der Waals surface area contributed by atoms with Crippen LogP contribution in [0.3, 0.4) is 0 Å². The molecule has 0 amide bonds. The number of nitrogens with zero attached hydrogens (tertiary/aromatic N) is 1. The van der Waals surface area contributed by atoms with Crippen LogP contribution in [-0.4, -0.2) is 38.2 Å². The number of para-hydroxylation sites is 1. The minimum Gasteiger partial charge on any atom is -0.496 e. The Morgan fingerprint density at radius 2 is 1.95 bits per heavy atom. The SMILES string of the molecule is COc1ccccc1CC(C)N(C)CCC(C)CN. The first-order valence-electron chi connectivity index (χ1n) is 7.10. The van der Waals surface area contributed by atoms with Gasteiger partial charge in [0.15, 0.2) is 0 Å². The molecule has 0 aromatic heterocycles. The summed E-state index contributed by atoms with van der Waals surface area (Å²) in [6.07, 6.45) is 2.17. The van der Waals surface area contributed by atoms with Crippen LogP contribution in [0.4, 0.5) is 0 Å². The molecular weight excluding hydrogens is 236 g/mol. The zero-order chi connectivity index (χ0) is 14.3. The summed E-state index contributed by atoms with van der Waals surface area (Å²) in [7, 11) is 3.92. The third-order valence-electron chi connectivity index (χ3n) is 3.84. The van der Waals surface area contributed by atoms with E-state index in [-0.39, 0.29) is 0 Å². The second kappa shape index (κ2) is 8.18. The second-order valence-corrected chi connectivity index (χ2v) is 5.48. The van der Waals surface area contributed by atoms with E-state index in [0.29, 0.717) is 12.0 Å². The van der Waals surface area contributed by atoms with E-state index in [0.717, 1.165) is 31.7 Å². The number of nitrogens with two attached hydrogens (primary N) is 1. The molecule has 0 spiro atoms. The Hall–Kier alpha value is -1.06. The maximum atomic E-state index is 5.66. The summed E-state index contributed by atoms with van der Waals surface area (Å²) < 4.78 is 5.41. The molecule has 2 N–H and O–H groups in total. The summed E-state index contributed by atoms with van der Waals surface area (Å²) in [6.45, 7) is 6.34. The van der Waals surface area contributed by atoms with Gasteiger partial charge in [0.25, 0.3) is 0 Å². The molecule has 1 aromatic carbocycles. The number of likely N-dealkylation sites (N-methyl/N-ethyl adjacent to an activating group) is 1. The van der Waals surface area contributed by atoms with Gasteiger partial charge in [-0.2, -0.15) is 0 Å². The molecule has 3 nitrogen and oxygen atoms in total. The van der Waals surface area contributed by atoms with Crippen molar-refractivity contribution >= 4 is 0 Å². The third-order valence-corrected chi connectivity index (χ3v) is 3.84. The van der Waals surface area contributed by atoms with Crippen molar-refractivity contribution in [3.8, 4) is 5.75 Å². The fourth-order valence-corrected chi connectivity index (χ4v) is 2.11. The highest BCUT2D eigenvalue weighted by Crippen LogP contribution is 2.20. The average Bonchev–Trinajstić information content (AvgIpc) is 2.44. The van der Waals surface area contributed by atoms with Gasteiger partial charge in [-0.05, 0) is 57.5 Å². The van der Waals surface area contributed by atoms with E-state index >= 15 is 0 Å². The van der Waals surface area contributed by atoms with Crippen LogP contribution in [0.5, 0.6) is 5.75 Å². The van der Waals surface area contributed by atoms with E-state index in [9.17, 15) is 0 Å². The monoisotopic (exact) mass is 264 g/mol. The van der Waals surface area contributed by atoms with Gasteiger partial charge in [-0.25, -0.2) is 0 Å². The molecule has 0 bridgehead atoms. The lowest BCUT2D eigenvalue weighted by molar-refractivity contribution is 0.239. The molecule has 0 saturated heterocycles. The Kier molecular flexibility index (Phi) is 6.89. The number of hydrogen-bond donors (Lipinski definition) is 1. The number of benzene rings is 1. The van der Waals surface area contributed by atoms with E-state index in [1.807, 2.05) is 12.1 Å². The van der Waals surface area contributed by atoms with Gasteiger partial charge in [-0.3, -0.25) is 0 Å². The fourth-order valence-electron chi connectivity index (χ4n) is 2.11. The Morgan fingerprint density at radius 1 is 1.26 bits per heavy atom. The number of hydrogen-bond acceptors (Lipinski definition) is 3. The highest BCUT2D eigenvalue weighted by molar-refractivity contribution is 5.33. The molecule has 0 aliphatic heterocycles. The number of ether oxygens (including phenoxy) is 1. The molecule has 0 heterocycles. The van der Waals surface area contributed by atoms with Gasteiger partial charge in [0.1, 0.15) is 5.75 Å². The molecule has 1 rings (SSSR count). The number of methoxy groups -OCH3 is 1. The molecule has 19 heavy (non-hydrogen) atoms. The summed E-state index contributed by atoms with van der Waals surface area (Å²) in [4.78, 5) is 2.40. The Labute approximate surface area is 117 Å². The molecule has 0 saturated carbocycles. The average molecular weight is 264 g/mol. The van der Waals surface area contributed by atoms with Crippen molar-refractivity contribution in [2.24, 2.45) is 11.7 Å². The van der Waals surface area contributed by atoms with Crippen LogP contribution in [0.15, 0.2) is 24.3 Å². The van der Waals surface area contributed by atoms with Crippen LogP contribution < -0.4 is 10.5 Å². The summed E-state index contributed by atoms with van der Waals surface area (Å²) in [5.41, 5.74) is 6.94. The van der Waals surface area contributed by atoms with Gasteiger partial charge in [0.05, 0.1) is 7.11 Å². The zero-order valence-corrected chi connectivity index (χ0v) is 12.7. The van der Waals surface area contributed by atoms with E-state index in [1.54, 1.807) is 7.11 Å². The fraction of sp³-hybridized carbons (Fsp3) is 0.625. The molecule has 0 aliphatic rings. The van der Waals surface area contributed by atoms with Crippen LogP contribution in [0.1, 0.15) is 25.8 Å². The van der Waals surface area contributed by atoms with Crippen LogP contribution in [0.25, 0.3) is 0 Å². The quantitative estimate of drug-likeness (QED) is 0.784. The summed E-state index contributed by atoms with van der Waals surface area (Å²) in [5.74, 6) is 1.58. The lowest BCUT2D eigenvalue weighted by Gasteiger charge is -2.26. The van der Waals surface area contributed by atoms with Crippen molar-refractivity contribution in [3.05, 3.63) is 29.8 Å². The molecule has 0 aliphatic carbocycles. The van der Waals surface area contributed by atoms with Crippen molar-refractivity contribution in [3.63, 3.8) is 0 Å². The maximum absolute atomic E-state index is 5.66. The molecule has 108 valence electrons. The minimum atomic E-state index is 0.501. The highest BCUT2D eigenvalue weighted by Gasteiger charge is 2.13. The molecule has 1 aromatic rings. The molecule has 3 heteroatoms. The first kappa shape index (κ1) is 16.0. The van der Waals surface area contributed by atoms with Crippen LogP contribution in [0.2, 0.25) is 0 Å². The number of rotatable bonds is 8. The highest BCUT2D eigenvalue weighted by atomic mass is 16.5. The molecule has 0 fully saturated rings. The van der Waals surface area contributed by atoms with Crippen molar-refractivity contribution in [1.29, 1.82) is 0 Å². The van der Waals surface area contributed by atoms with Gasteiger partial charge in [-0.15, -0.1) is 0 Å². The Balaban J connectivity index is 2.51. The summed E-state index contributed by atoms with van der Waals surface area (Å²) >= 11 is 0. The van der Waals surface area contributed by atoms with Crippen molar-refractivity contribution in [2.45, 2.75) is 32.7 Å². The van der Waals surface area contributed by atoms with Crippen molar-refractivity contribution < 1.29 is 4.74 Å². The first-order chi connectivity index (χ1) is 9.08. The lowest BCUT2D eigenvalue weighted by atomic mass is 10.0. The third kappa shape index (κ3) is 5.21. The van der Waals surface area contributed by atoms with E-state index < -0.39 is 0 Å². The van der Waals surface area contributed by atoms with Crippen LogP contribution in [-0.2, 0) is 6.42 Å². The van der Waals surface area contributed by atoms with E-state index in [2.05, 4.69) is 37.9 Å². The first-order valence-corrected chi connectivity index (χ1v) is 7.10. The van der Waals surface area contributed by atoms with Gasteiger partial charge in [0.2, 0.25) is 0 Å². The van der Waals surface area contributed by atoms with Gasteiger partial charge in [-0.1, -0.05) is 25.1 Å². The predicted octanol–water partition coefficient (Wildman–Crippen LogP) is 2.54. The van der Waals surface area contributed by atoms with Crippen molar-refractivity contribution in [2.75, 3.05) is 27.2 Å².